The summed E-state index contributed by atoms with van der Waals surface area (Å²) in [4.78, 5) is 24.1. The number of aliphatic hydroxyl groups excluding tert-OH is 2. The van der Waals surface area contributed by atoms with Gasteiger partial charge in [-0.1, -0.05) is 75.1 Å². The molecule has 6 heteroatoms. The lowest BCUT2D eigenvalue weighted by Crippen LogP contribution is -2.41. The highest BCUT2D eigenvalue weighted by Gasteiger charge is 2.32. The van der Waals surface area contributed by atoms with Gasteiger partial charge in [0, 0.05) is 12.5 Å². The largest absolute Gasteiger partial charge is 0.465 e. The number of unbranched alkanes of at least 4 members (excludes halogenated alkanes) is 2. The van der Waals surface area contributed by atoms with Crippen molar-refractivity contribution >= 4 is 11.9 Å². The Bertz CT molecular complexity index is 897. The van der Waals surface area contributed by atoms with E-state index in [9.17, 15) is 19.8 Å². The first kappa shape index (κ1) is 32.6. The van der Waals surface area contributed by atoms with Gasteiger partial charge >= 0.3 is 11.9 Å². The van der Waals surface area contributed by atoms with E-state index in [0.717, 1.165) is 31.3 Å². The van der Waals surface area contributed by atoms with E-state index in [2.05, 4.69) is 32.9 Å². The fourth-order valence-corrected chi connectivity index (χ4v) is 4.23. The lowest BCUT2D eigenvalue weighted by Gasteiger charge is -2.32. The van der Waals surface area contributed by atoms with E-state index in [0.29, 0.717) is 5.57 Å². The lowest BCUT2D eigenvalue weighted by molar-refractivity contribution is -0.156. The number of aliphatic hydroxyl groups is 2. The maximum atomic E-state index is 12.3. The molecule has 0 atom stereocenters. The molecule has 1 aliphatic carbocycles. The number of ether oxygens (including phenoxy) is 2. The molecule has 0 aliphatic heterocycles. The van der Waals surface area contributed by atoms with Gasteiger partial charge in [0.1, 0.15) is 13.2 Å². The molecule has 0 aromatic carbocycles. The van der Waals surface area contributed by atoms with Crippen molar-refractivity contribution in [1.29, 1.82) is 0 Å². The Kier molecular flexibility index (Phi) is 14.5. The second-order valence-electron chi connectivity index (χ2n) is 11.0. The van der Waals surface area contributed by atoms with Crippen molar-refractivity contribution < 1.29 is 29.3 Å². The predicted octanol–water partition coefficient (Wildman–Crippen LogP) is 6.16. The Morgan fingerprint density at radius 2 is 1.70 bits per heavy atom. The molecule has 0 unspecified atom stereocenters. The molecule has 0 heterocycles. The van der Waals surface area contributed by atoms with Crippen molar-refractivity contribution in [2.45, 2.75) is 86.5 Å². The summed E-state index contributed by atoms with van der Waals surface area (Å²) in [5.74, 6) is -0.982. The van der Waals surface area contributed by atoms with Gasteiger partial charge in [0.25, 0.3) is 0 Å². The van der Waals surface area contributed by atoms with Crippen LogP contribution in [0.25, 0.3) is 0 Å². The van der Waals surface area contributed by atoms with Crippen LogP contribution in [-0.4, -0.2) is 48.6 Å². The van der Waals surface area contributed by atoms with Crippen LogP contribution in [0.4, 0.5) is 0 Å². The van der Waals surface area contributed by atoms with Crippen LogP contribution >= 0.6 is 0 Å². The van der Waals surface area contributed by atoms with Gasteiger partial charge in [0.2, 0.25) is 0 Å². The molecule has 208 valence electrons. The van der Waals surface area contributed by atoms with Crippen molar-refractivity contribution in [2.75, 3.05) is 26.4 Å². The molecule has 6 nitrogen and oxygen atoms in total. The van der Waals surface area contributed by atoms with E-state index in [-0.39, 0.29) is 31.0 Å². The van der Waals surface area contributed by atoms with Crippen molar-refractivity contribution in [2.24, 2.45) is 10.8 Å². The van der Waals surface area contributed by atoms with Crippen LogP contribution in [0, 0.1) is 10.8 Å². The van der Waals surface area contributed by atoms with Gasteiger partial charge < -0.3 is 19.7 Å². The highest BCUT2D eigenvalue weighted by atomic mass is 16.5. The Labute approximate surface area is 223 Å². The van der Waals surface area contributed by atoms with Crippen LogP contribution in [0.2, 0.25) is 0 Å². The van der Waals surface area contributed by atoms with Crippen LogP contribution < -0.4 is 0 Å². The molecule has 37 heavy (non-hydrogen) atoms. The molecule has 0 aromatic heterocycles. The van der Waals surface area contributed by atoms with Gasteiger partial charge in [0.15, 0.2) is 0 Å². The summed E-state index contributed by atoms with van der Waals surface area (Å²) in [5, 5.41) is 19.5. The quantitative estimate of drug-likeness (QED) is 0.117. The number of carbonyl (C=O) groups excluding carboxylic acids is 2. The van der Waals surface area contributed by atoms with Crippen LogP contribution in [0.1, 0.15) is 86.5 Å². The molecular weight excluding hydrogens is 468 g/mol. The molecule has 1 rings (SSSR count). The summed E-state index contributed by atoms with van der Waals surface area (Å²) >= 11 is 0. The molecular formula is C31H48O6. The minimum atomic E-state index is -1.24. The first-order chi connectivity index (χ1) is 17.5. The number of rotatable bonds is 15. The van der Waals surface area contributed by atoms with E-state index >= 15 is 0 Å². The van der Waals surface area contributed by atoms with Gasteiger partial charge in [0.05, 0.1) is 18.6 Å². The van der Waals surface area contributed by atoms with Crippen LogP contribution in [0.3, 0.4) is 0 Å². The van der Waals surface area contributed by atoms with Gasteiger partial charge in [-0.25, -0.2) is 4.79 Å². The van der Waals surface area contributed by atoms with E-state index < -0.39 is 24.6 Å². The van der Waals surface area contributed by atoms with E-state index in [1.807, 2.05) is 32.1 Å². The molecule has 0 aromatic rings. The summed E-state index contributed by atoms with van der Waals surface area (Å²) in [6, 6.07) is 0. The second kappa shape index (κ2) is 16.4. The summed E-state index contributed by atoms with van der Waals surface area (Å²) in [6.45, 7) is 11.3. The van der Waals surface area contributed by atoms with Gasteiger partial charge in [-0.15, -0.1) is 0 Å². The second-order valence-corrected chi connectivity index (χ2v) is 11.0. The zero-order valence-electron chi connectivity index (χ0n) is 23.8. The third kappa shape index (κ3) is 12.1. The van der Waals surface area contributed by atoms with Gasteiger partial charge in [-0.3, -0.25) is 4.79 Å². The smallest absolute Gasteiger partial charge is 0.331 e. The predicted molar refractivity (Wildman–Crippen MR) is 149 cm³/mol. The molecule has 0 saturated heterocycles. The Morgan fingerprint density at radius 1 is 1.03 bits per heavy atom. The van der Waals surface area contributed by atoms with Crippen molar-refractivity contribution in [3.63, 3.8) is 0 Å². The van der Waals surface area contributed by atoms with Crippen molar-refractivity contribution in [3.05, 3.63) is 58.7 Å². The van der Waals surface area contributed by atoms with Crippen molar-refractivity contribution in [3.8, 4) is 0 Å². The third-order valence-corrected chi connectivity index (χ3v) is 6.83. The lowest BCUT2D eigenvalue weighted by atomic mass is 9.72. The molecule has 0 bridgehead atoms. The number of hydrogen-bond acceptors (Lipinski definition) is 6. The van der Waals surface area contributed by atoms with Crippen LogP contribution in [0.5, 0.6) is 0 Å². The topological polar surface area (TPSA) is 93.1 Å². The fourth-order valence-electron chi connectivity index (χ4n) is 4.23. The molecule has 0 spiro atoms. The minimum Gasteiger partial charge on any atom is -0.465 e. The highest BCUT2D eigenvalue weighted by Crippen LogP contribution is 2.40. The molecule has 0 amide bonds. The maximum absolute atomic E-state index is 12.3. The maximum Gasteiger partial charge on any atom is 0.331 e. The summed E-state index contributed by atoms with van der Waals surface area (Å²) in [5.41, 5.74) is 3.65. The van der Waals surface area contributed by atoms with Crippen LogP contribution in [0.15, 0.2) is 58.7 Å². The average Bonchev–Trinajstić information content (AvgIpc) is 2.84. The van der Waals surface area contributed by atoms with Gasteiger partial charge in [-0.05, 0) is 63.0 Å². The molecule has 2 N–H and O–H groups in total. The number of hydrogen-bond donors (Lipinski definition) is 2. The third-order valence-electron chi connectivity index (χ3n) is 6.83. The normalized spacial score (nSPS) is 17.1. The van der Waals surface area contributed by atoms with Gasteiger partial charge in [-0.2, -0.15) is 0 Å². The number of esters is 2. The van der Waals surface area contributed by atoms with E-state index in [4.69, 9.17) is 9.47 Å². The Hall–Kier alpha value is -2.44. The zero-order valence-corrected chi connectivity index (χ0v) is 23.8. The van der Waals surface area contributed by atoms with E-state index in [1.165, 1.54) is 30.1 Å². The van der Waals surface area contributed by atoms with Crippen molar-refractivity contribution in [1.82, 2.24) is 0 Å². The molecule has 0 saturated carbocycles. The summed E-state index contributed by atoms with van der Waals surface area (Å²) < 4.78 is 10.5. The molecule has 1 aliphatic rings. The van der Waals surface area contributed by atoms with Crippen LogP contribution in [-0.2, 0) is 19.1 Å². The first-order valence-corrected chi connectivity index (χ1v) is 13.4. The Balaban J connectivity index is 2.65. The first-order valence-electron chi connectivity index (χ1n) is 13.4. The summed E-state index contributed by atoms with van der Waals surface area (Å²) in [7, 11) is 0. The average molecular weight is 517 g/mol. The highest BCUT2D eigenvalue weighted by molar-refractivity contribution is 5.83. The fraction of sp³-hybridized carbons (Fsp3) is 0.613. The number of carbonyl (C=O) groups is 2. The Morgan fingerprint density at radius 3 is 2.32 bits per heavy atom. The minimum absolute atomic E-state index is 0.203. The standard InChI is InChI=1S/C31H48O6/c1-7-8-9-15-28(34)36-22-31(20-32,21-33)23-37-29(35)19-25(3)13-10-12-24(2)16-17-27-26(4)14-11-18-30(27,5)6/h10,12-13,16-17,19,32-33H,7-9,11,14-15,18,20-23H2,1-6H3. The molecule has 0 radical (unpaired) electrons. The molecule has 0 fully saturated rings. The number of allylic oxidation sites excluding steroid dienone is 9. The monoisotopic (exact) mass is 516 g/mol. The summed E-state index contributed by atoms with van der Waals surface area (Å²) in [6.07, 6.45) is 17.9. The van der Waals surface area contributed by atoms with E-state index in [1.54, 1.807) is 6.92 Å². The zero-order chi connectivity index (χ0) is 27.9. The SMILES string of the molecule is CCCCCC(=O)OCC(CO)(CO)COC(=O)C=C(C)C=CC=C(C)C=CC1=C(C)CCCC1(C)C.